The number of imidazole rings is 1. The van der Waals surface area contributed by atoms with Crippen molar-refractivity contribution in [3.05, 3.63) is 71.7 Å². The van der Waals surface area contributed by atoms with E-state index in [1.165, 1.54) is 11.3 Å². The molecule has 0 fully saturated rings. The van der Waals surface area contributed by atoms with Crippen molar-refractivity contribution in [2.75, 3.05) is 19.6 Å². The summed E-state index contributed by atoms with van der Waals surface area (Å²) < 4.78 is 2.18. The lowest BCUT2D eigenvalue weighted by Gasteiger charge is -2.22. The zero-order valence-electron chi connectivity index (χ0n) is 14.1. The molecule has 0 atom stereocenters. The fourth-order valence-corrected chi connectivity index (χ4v) is 2.95. The van der Waals surface area contributed by atoms with Crippen LogP contribution in [-0.4, -0.2) is 33.9 Å². The summed E-state index contributed by atoms with van der Waals surface area (Å²) in [5, 5.41) is 0. The highest BCUT2D eigenvalue weighted by Gasteiger charge is 2.12. The Balaban J connectivity index is 0.00000208. The maximum absolute atomic E-state index is 5.81. The van der Waals surface area contributed by atoms with Gasteiger partial charge in [-0.05, 0) is 31.0 Å². The molecule has 3 rings (SSSR count). The average Bonchev–Trinajstić information content (AvgIpc) is 2.89. The smallest absolute Gasteiger partial charge is 0.137 e. The van der Waals surface area contributed by atoms with Crippen LogP contribution in [0.2, 0.25) is 0 Å². The van der Waals surface area contributed by atoms with Gasteiger partial charge in [0.1, 0.15) is 5.65 Å². The maximum Gasteiger partial charge on any atom is 0.137 e. The molecule has 0 spiro atoms. The highest BCUT2D eigenvalue weighted by molar-refractivity contribution is 5.85. The number of pyridine rings is 1. The van der Waals surface area contributed by atoms with E-state index in [0.717, 1.165) is 37.4 Å². The second-order valence-electron chi connectivity index (χ2n) is 5.87. The second-order valence-corrected chi connectivity index (χ2v) is 5.87. The summed E-state index contributed by atoms with van der Waals surface area (Å²) in [6, 6.07) is 16.7. The summed E-state index contributed by atoms with van der Waals surface area (Å²) in [5.74, 6) is 0. The summed E-state index contributed by atoms with van der Waals surface area (Å²) >= 11 is 0. The first kappa shape index (κ1) is 18.5. The zero-order valence-corrected chi connectivity index (χ0v) is 14.9. The molecule has 0 bridgehead atoms. The van der Waals surface area contributed by atoms with Gasteiger partial charge in [-0.3, -0.25) is 4.90 Å². The Labute approximate surface area is 149 Å². The van der Waals surface area contributed by atoms with E-state index in [1.807, 2.05) is 12.1 Å². The van der Waals surface area contributed by atoms with Crippen LogP contribution in [0.3, 0.4) is 0 Å². The molecule has 0 unspecified atom stereocenters. The number of benzene rings is 1. The molecule has 5 heteroatoms. The minimum atomic E-state index is 0. The summed E-state index contributed by atoms with van der Waals surface area (Å²) in [7, 11) is 0. The van der Waals surface area contributed by atoms with E-state index in [4.69, 9.17) is 5.73 Å². The summed E-state index contributed by atoms with van der Waals surface area (Å²) in [6.07, 6.45) is 3.12. The number of nitrogens with two attached hydrogens (primary N) is 1. The molecule has 0 aliphatic rings. The molecular weight excluding hydrogens is 320 g/mol. The monoisotopic (exact) mass is 344 g/mol. The standard InChI is InChI=1S/C19H24N4.ClH/c1-16-18(23-12-6-5-9-19(23)21-16)15-22(14-11-20)13-10-17-7-3-2-4-8-17;/h2-9,12H,10-11,13-15,20H2,1H3;1H. The third-order valence-corrected chi connectivity index (χ3v) is 4.21. The largest absolute Gasteiger partial charge is 0.329 e. The Hall–Kier alpha value is -1.88. The van der Waals surface area contributed by atoms with Gasteiger partial charge in [-0.2, -0.15) is 0 Å². The molecule has 24 heavy (non-hydrogen) atoms. The topological polar surface area (TPSA) is 46.6 Å². The van der Waals surface area contributed by atoms with Crippen LogP contribution in [0.5, 0.6) is 0 Å². The predicted octanol–water partition coefficient (Wildman–Crippen LogP) is 3.07. The minimum Gasteiger partial charge on any atom is -0.329 e. The van der Waals surface area contributed by atoms with Crippen molar-refractivity contribution in [1.82, 2.24) is 14.3 Å². The Morgan fingerprint density at radius 2 is 1.79 bits per heavy atom. The van der Waals surface area contributed by atoms with Gasteiger partial charge in [0.15, 0.2) is 0 Å². The summed E-state index contributed by atoms with van der Waals surface area (Å²) in [5.41, 5.74) is 10.5. The molecule has 0 saturated carbocycles. The molecule has 128 valence electrons. The van der Waals surface area contributed by atoms with Gasteiger partial charge in [0.25, 0.3) is 0 Å². The molecule has 0 aliphatic heterocycles. The Kier molecular flexibility index (Phi) is 6.79. The first-order valence-corrected chi connectivity index (χ1v) is 8.17. The third kappa shape index (κ3) is 4.35. The van der Waals surface area contributed by atoms with Crippen LogP contribution in [-0.2, 0) is 13.0 Å². The number of hydrogen-bond acceptors (Lipinski definition) is 3. The van der Waals surface area contributed by atoms with Gasteiger partial charge in [0.05, 0.1) is 11.4 Å². The van der Waals surface area contributed by atoms with Crippen LogP contribution in [0.15, 0.2) is 54.7 Å². The fraction of sp³-hybridized carbons (Fsp3) is 0.316. The fourth-order valence-electron chi connectivity index (χ4n) is 2.95. The average molecular weight is 345 g/mol. The van der Waals surface area contributed by atoms with Crippen LogP contribution in [0.4, 0.5) is 0 Å². The molecule has 0 radical (unpaired) electrons. The number of nitrogens with zero attached hydrogens (tertiary/aromatic N) is 3. The quantitative estimate of drug-likeness (QED) is 0.716. The van der Waals surface area contributed by atoms with Gasteiger partial charge >= 0.3 is 0 Å². The molecule has 3 aromatic rings. The molecule has 2 heterocycles. The highest BCUT2D eigenvalue weighted by atomic mass is 35.5. The first-order chi connectivity index (χ1) is 11.3. The van der Waals surface area contributed by atoms with E-state index in [-0.39, 0.29) is 12.4 Å². The highest BCUT2D eigenvalue weighted by Crippen LogP contribution is 2.14. The van der Waals surface area contributed by atoms with E-state index in [0.29, 0.717) is 6.54 Å². The Bertz CT molecular complexity index is 754. The van der Waals surface area contributed by atoms with Crippen molar-refractivity contribution < 1.29 is 0 Å². The number of rotatable bonds is 7. The normalized spacial score (nSPS) is 11.0. The van der Waals surface area contributed by atoms with Crippen molar-refractivity contribution in [2.45, 2.75) is 19.9 Å². The van der Waals surface area contributed by atoms with E-state index in [1.54, 1.807) is 0 Å². The van der Waals surface area contributed by atoms with Crippen molar-refractivity contribution in [3.63, 3.8) is 0 Å². The Morgan fingerprint density at radius 1 is 1.04 bits per heavy atom. The van der Waals surface area contributed by atoms with E-state index in [9.17, 15) is 0 Å². The lowest BCUT2D eigenvalue weighted by atomic mass is 10.1. The van der Waals surface area contributed by atoms with Crippen LogP contribution in [0, 0.1) is 6.92 Å². The number of aryl methyl sites for hydroxylation is 1. The third-order valence-electron chi connectivity index (χ3n) is 4.21. The first-order valence-electron chi connectivity index (χ1n) is 8.17. The van der Waals surface area contributed by atoms with Crippen molar-refractivity contribution in [1.29, 1.82) is 0 Å². The van der Waals surface area contributed by atoms with Crippen LogP contribution >= 0.6 is 12.4 Å². The van der Waals surface area contributed by atoms with Gasteiger partial charge in [0.2, 0.25) is 0 Å². The minimum absolute atomic E-state index is 0. The summed E-state index contributed by atoms with van der Waals surface area (Å²) in [4.78, 5) is 7.06. The molecule has 1 aromatic carbocycles. The van der Waals surface area contributed by atoms with Crippen molar-refractivity contribution in [3.8, 4) is 0 Å². The van der Waals surface area contributed by atoms with Gasteiger partial charge in [0, 0.05) is 32.4 Å². The van der Waals surface area contributed by atoms with E-state index < -0.39 is 0 Å². The van der Waals surface area contributed by atoms with Crippen LogP contribution < -0.4 is 5.73 Å². The molecule has 4 nitrogen and oxygen atoms in total. The zero-order chi connectivity index (χ0) is 16.1. The van der Waals surface area contributed by atoms with Crippen LogP contribution in [0.1, 0.15) is 17.0 Å². The maximum atomic E-state index is 5.81. The lowest BCUT2D eigenvalue weighted by molar-refractivity contribution is 0.272. The van der Waals surface area contributed by atoms with Crippen molar-refractivity contribution in [2.24, 2.45) is 5.73 Å². The predicted molar refractivity (Wildman–Crippen MR) is 102 cm³/mol. The van der Waals surface area contributed by atoms with E-state index in [2.05, 4.69) is 63.8 Å². The number of aromatic nitrogens is 2. The van der Waals surface area contributed by atoms with Gasteiger partial charge in [-0.25, -0.2) is 4.98 Å². The lowest BCUT2D eigenvalue weighted by Crippen LogP contribution is -2.31. The molecular formula is C19H25ClN4. The second kappa shape index (κ2) is 8.83. The molecule has 0 aliphatic carbocycles. The van der Waals surface area contributed by atoms with Gasteiger partial charge in [-0.15, -0.1) is 12.4 Å². The molecule has 0 saturated heterocycles. The van der Waals surface area contributed by atoms with Gasteiger partial charge in [-0.1, -0.05) is 36.4 Å². The van der Waals surface area contributed by atoms with E-state index >= 15 is 0 Å². The van der Waals surface area contributed by atoms with Crippen LogP contribution in [0.25, 0.3) is 5.65 Å². The number of hydrogen-bond donors (Lipinski definition) is 1. The molecule has 2 aromatic heterocycles. The Morgan fingerprint density at radius 3 is 2.54 bits per heavy atom. The summed E-state index contributed by atoms with van der Waals surface area (Å²) in [6.45, 7) is 5.53. The number of fused-ring (bicyclic) bond motifs is 1. The molecule has 2 N–H and O–H groups in total. The number of halogens is 1. The van der Waals surface area contributed by atoms with Crippen molar-refractivity contribution >= 4 is 18.1 Å². The SMILES string of the molecule is Cc1nc2ccccn2c1CN(CCN)CCc1ccccc1.Cl. The van der Waals surface area contributed by atoms with Gasteiger partial charge < -0.3 is 10.1 Å². The molecule has 0 amide bonds.